The van der Waals surface area contributed by atoms with Gasteiger partial charge in [-0.2, -0.15) is 0 Å². The number of pyridine rings is 1. The van der Waals surface area contributed by atoms with Crippen LogP contribution < -0.4 is 4.90 Å². The summed E-state index contributed by atoms with van der Waals surface area (Å²) in [5, 5.41) is 10.3. The third-order valence-electron chi connectivity index (χ3n) is 3.89. The second-order valence-corrected chi connectivity index (χ2v) is 5.65. The van der Waals surface area contributed by atoms with Crippen LogP contribution in [0.2, 0.25) is 0 Å². The minimum atomic E-state index is -0.485. The molecule has 0 spiro atoms. The Morgan fingerprint density at radius 2 is 1.87 bits per heavy atom. The van der Waals surface area contributed by atoms with Gasteiger partial charge in [0.25, 0.3) is 0 Å². The molecule has 0 bridgehead atoms. The van der Waals surface area contributed by atoms with Crippen LogP contribution in [0.5, 0.6) is 0 Å². The van der Waals surface area contributed by atoms with Crippen molar-refractivity contribution in [3.63, 3.8) is 0 Å². The van der Waals surface area contributed by atoms with E-state index in [4.69, 9.17) is 0 Å². The highest BCUT2D eigenvalue weighted by atomic mass is 16.3. The maximum atomic E-state index is 10.3. The maximum Gasteiger partial charge on any atom is 0.158 e. The van der Waals surface area contributed by atoms with Crippen LogP contribution in [0.3, 0.4) is 0 Å². The number of aliphatic hydroxyl groups excluding tert-OH is 1. The number of aromatic nitrogens is 3. The molecule has 1 N–H and O–H groups in total. The number of hydrogen-bond acceptors (Lipinski definition) is 5. The lowest BCUT2D eigenvalue weighted by Gasteiger charge is -2.21. The molecule has 118 valence electrons. The average molecular weight is 308 g/mol. The van der Waals surface area contributed by atoms with Gasteiger partial charge < -0.3 is 10.0 Å². The van der Waals surface area contributed by atoms with E-state index in [1.54, 1.807) is 6.33 Å². The van der Waals surface area contributed by atoms with Gasteiger partial charge in [-0.3, -0.25) is 0 Å². The van der Waals surface area contributed by atoms with Crippen molar-refractivity contribution < 1.29 is 5.11 Å². The number of anilines is 1. The van der Waals surface area contributed by atoms with Crippen LogP contribution in [0.1, 0.15) is 23.8 Å². The topological polar surface area (TPSA) is 62.1 Å². The maximum absolute atomic E-state index is 10.3. The highest BCUT2D eigenvalue weighted by Crippen LogP contribution is 2.22. The van der Waals surface area contributed by atoms with Crippen molar-refractivity contribution >= 4 is 16.9 Å². The molecule has 0 saturated heterocycles. The number of aryl methyl sites for hydroxylation is 1. The fourth-order valence-electron chi connectivity index (χ4n) is 2.57. The van der Waals surface area contributed by atoms with Gasteiger partial charge in [0.05, 0.1) is 11.6 Å². The molecule has 5 nitrogen and oxygen atoms in total. The van der Waals surface area contributed by atoms with Crippen LogP contribution in [0.25, 0.3) is 11.0 Å². The van der Waals surface area contributed by atoms with Crippen LogP contribution in [0.15, 0.2) is 48.8 Å². The van der Waals surface area contributed by atoms with Crippen molar-refractivity contribution in [2.75, 3.05) is 18.5 Å². The van der Waals surface area contributed by atoms with E-state index in [1.165, 1.54) is 0 Å². The van der Waals surface area contributed by atoms with Crippen molar-refractivity contribution in [3.05, 3.63) is 60.0 Å². The molecule has 0 radical (unpaired) electrons. The fraction of sp³-hybridized carbons (Fsp3) is 0.278. The summed E-state index contributed by atoms with van der Waals surface area (Å²) in [7, 11) is 1.96. The molecule has 0 amide bonds. The Morgan fingerprint density at radius 1 is 1.09 bits per heavy atom. The molecule has 0 aliphatic heterocycles. The van der Waals surface area contributed by atoms with E-state index in [2.05, 4.69) is 15.0 Å². The minimum Gasteiger partial charge on any atom is -0.388 e. The van der Waals surface area contributed by atoms with Crippen molar-refractivity contribution in [1.29, 1.82) is 0 Å². The van der Waals surface area contributed by atoms with E-state index in [0.29, 0.717) is 13.0 Å². The van der Waals surface area contributed by atoms with Gasteiger partial charge in [0.15, 0.2) is 5.82 Å². The van der Waals surface area contributed by atoms with E-state index in [1.807, 2.05) is 61.3 Å². The molecule has 2 aromatic heterocycles. The summed E-state index contributed by atoms with van der Waals surface area (Å²) in [6.07, 6.45) is 1.69. The number of benzene rings is 1. The van der Waals surface area contributed by atoms with Crippen LogP contribution in [0.4, 0.5) is 5.82 Å². The molecule has 1 unspecified atom stereocenters. The molecule has 23 heavy (non-hydrogen) atoms. The molecule has 0 fully saturated rings. The molecular formula is C18H20N4O. The molecule has 1 aromatic carbocycles. The van der Waals surface area contributed by atoms with E-state index in [9.17, 15) is 5.11 Å². The molecule has 0 saturated carbocycles. The summed E-state index contributed by atoms with van der Waals surface area (Å²) < 4.78 is 0. The summed E-state index contributed by atoms with van der Waals surface area (Å²) in [4.78, 5) is 15.2. The molecular weight excluding hydrogens is 288 g/mol. The first kappa shape index (κ1) is 15.4. The predicted molar refractivity (Wildman–Crippen MR) is 91.4 cm³/mol. The van der Waals surface area contributed by atoms with E-state index in [-0.39, 0.29) is 0 Å². The van der Waals surface area contributed by atoms with Crippen LogP contribution in [-0.4, -0.2) is 33.7 Å². The van der Waals surface area contributed by atoms with E-state index < -0.39 is 6.10 Å². The standard InChI is InChI=1S/C18H20N4O/c1-13-8-9-15-17(21-13)18(20-12-19-15)22(2)11-10-16(23)14-6-4-3-5-7-14/h3-9,12,16,23H,10-11H2,1-2H3. The Kier molecular flexibility index (Phi) is 4.48. The normalized spacial score (nSPS) is 12.3. The molecule has 3 rings (SSSR count). The molecule has 1 atom stereocenters. The van der Waals surface area contributed by atoms with Gasteiger partial charge in [-0.05, 0) is 31.0 Å². The van der Waals surface area contributed by atoms with Crippen molar-refractivity contribution in [3.8, 4) is 0 Å². The van der Waals surface area contributed by atoms with Crippen LogP contribution in [-0.2, 0) is 0 Å². The zero-order valence-electron chi connectivity index (χ0n) is 13.3. The van der Waals surface area contributed by atoms with Gasteiger partial charge in [-0.15, -0.1) is 0 Å². The highest BCUT2D eigenvalue weighted by molar-refractivity contribution is 5.85. The number of hydrogen-bond donors (Lipinski definition) is 1. The number of aliphatic hydroxyl groups is 1. The van der Waals surface area contributed by atoms with Crippen LogP contribution in [0, 0.1) is 6.92 Å². The van der Waals surface area contributed by atoms with Crippen molar-refractivity contribution in [2.45, 2.75) is 19.4 Å². The zero-order chi connectivity index (χ0) is 16.2. The molecule has 3 aromatic rings. The summed E-state index contributed by atoms with van der Waals surface area (Å²) in [6.45, 7) is 2.63. The van der Waals surface area contributed by atoms with Gasteiger partial charge in [0, 0.05) is 19.3 Å². The molecule has 0 aliphatic rings. The Labute approximate surface area is 135 Å². The van der Waals surface area contributed by atoms with Gasteiger partial charge in [-0.1, -0.05) is 30.3 Å². The number of fused-ring (bicyclic) bond motifs is 1. The third-order valence-corrected chi connectivity index (χ3v) is 3.89. The molecule has 5 heteroatoms. The first-order valence-electron chi connectivity index (χ1n) is 7.67. The second kappa shape index (κ2) is 6.71. The summed E-state index contributed by atoms with van der Waals surface area (Å²) >= 11 is 0. The first-order chi connectivity index (χ1) is 11.1. The molecule has 0 aliphatic carbocycles. The highest BCUT2D eigenvalue weighted by Gasteiger charge is 2.13. The number of rotatable bonds is 5. The SMILES string of the molecule is Cc1ccc2ncnc(N(C)CCC(O)c3ccccc3)c2n1. The Bertz CT molecular complexity index is 791. The minimum absolute atomic E-state index is 0.485. The number of nitrogens with zero attached hydrogens (tertiary/aromatic N) is 4. The summed E-state index contributed by atoms with van der Waals surface area (Å²) in [5.41, 5.74) is 3.49. The van der Waals surface area contributed by atoms with Crippen molar-refractivity contribution in [2.24, 2.45) is 0 Å². The van der Waals surface area contributed by atoms with Crippen LogP contribution >= 0.6 is 0 Å². The third kappa shape index (κ3) is 3.46. The lowest BCUT2D eigenvalue weighted by Crippen LogP contribution is -2.22. The lowest BCUT2D eigenvalue weighted by molar-refractivity contribution is 0.170. The summed E-state index contributed by atoms with van der Waals surface area (Å²) in [6, 6.07) is 13.6. The average Bonchev–Trinajstić information content (AvgIpc) is 2.59. The van der Waals surface area contributed by atoms with Gasteiger partial charge >= 0.3 is 0 Å². The molecule has 2 heterocycles. The second-order valence-electron chi connectivity index (χ2n) is 5.65. The van der Waals surface area contributed by atoms with Crippen molar-refractivity contribution in [1.82, 2.24) is 15.0 Å². The summed E-state index contributed by atoms with van der Waals surface area (Å²) in [5.74, 6) is 0.791. The lowest BCUT2D eigenvalue weighted by atomic mass is 10.1. The largest absolute Gasteiger partial charge is 0.388 e. The smallest absolute Gasteiger partial charge is 0.158 e. The monoisotopic (exact) mass is 308 g/mol. The Morgan fingerprint density at radius 3 is 2.65 bits per heavy atom. The van der Waals surface area contributed by atoms with Gasteiger partial charge in [0.2, 0.25) is 0 Å². The quantitative estimate of drug-likeness (QED) is 0.785. The predicted octanol–water partition coefficient (Wildman–Crippen LogP) is 2.89. The van der Waals surface area contributed by atoms with E-state index >= 15 is 0 Å². The first-order valence-corrected chi connectivity index (χ1v) is 7.67. The Balaban J connectivity index is 1.76. The fourth-order valence-corrected chi connectivity index (χ4v) is 2.57. The van der Waals surface area contributed by atoms with E-state index in [0.717, 1.165) is 28.1 Å². The Hall–Kier alpha value is -2.53. The van der Waals surface area contributed by atoms with Gasteiger partial charge in [-0.25, -0.2) is 15.0 Å². The zero-order valence-corrected chi connectivity index (χ0v) is 13.3. The van der Waals surface area contributed by atoms with Gasteiger partial charge in [0.1, 0.15) is 11.8 Å².